The lowest BCUT2D eigenvalue weighted by Gasteiger charge is -2.15. The van der Waals surface area contributed by atoms with Crippen molar-refractivity contribution in [3.8, 4) is 5.75 Å². The number of H-pyrrole nitrogens is 1. The molecule has 0 spiro atoms. The second kappa shape index (κ2) is 11.0. The van der Waals surface area contributed by atoms with Gasteiger partial charge in [0.05, 0.1) is 25.2 Å². The van der Waals surface area contributed by atoms with Crippen molar-refractivity contribution in [2.75, 3.05) is 19.8 Å². The number of benzene rings is 2. The second-order valence-corrected chi connectivity index (χ2v) is 8.29. The first-order valence-electron chi connectivity index (χ1n) is 11.2. The Kier molecular flexibility index (Phi) is 7.67. The smallest absolute Gasteiger partial charge is 0.293 e. The van der Waals surface area contributed by atoms with Gasteiger partial charge in [-0.05, 0) is 28.7 Å². The summed E-state index contributed by atoms with van der Waals surface area (Å²) in [6, 6.07) is 16.8. The van der Waals surface area contributed by atoms with Gasteiger partial charge in [0.2, 0.25) is 5.75 Å². The Labute approximate surface area is 192 Å². The van der Waals surface area contributed by atoms with Crippen LogP contribution in [0.15, 0.2) is 59.7 Å². The summed E-state index contributed by atoms with van der Waals surface area (Å²) < 4.78 is 5.39. The lowest BCUT2D eigenvalue weighted by Crippen LogP contribution is -2.28. The Bertz CT molecular complexity index is 1120. The average molecular weight is 448 g/mol. The molecule has 1 saturated heterocycles. The Morgan fingerprint density at radius 3 is 2.45 bits per heavy atom. The molecule has 2 heterocycles. The molecular formula is C26H29N3O4. The van der Waals surface area contributed by atoms with Gasteiger partial charge in [-0.2, -0.15) is 0 Å². The van der Waals surface area contributed by atoms with Gasteiger partial charge in [-0.3, -0.25) is 4.79 Å². The van der Waals surface area contributed by atoms with Gasteiger partial charge in [0.25, 0.3) is 5.56 Å². The van der Waals surface area contributed by atoms with Crippen molar-refractivity contribution in [3.63, 3.8) is 0 Å². The molecule has 33 heavy (non-hydrogen) atoms. The van der Waals surface area contributed by atoms with E-state index in [0.717, 1.165) is 42.9 Å². The third-order valence-electron chi connectivity index (χ3n) is 5.94. The van der Waals surface area contributed by atoms with E-state index in [9.17, 15) is 15.0 Å². The summed E-state index contributed by atoms with van der Waals surface area (Å²) in [5, 5.41) is 23.2. The highest BCUT2D eigenvalue weighted by atomic mass is 16.5. The van der Waals surface area contributed by atoms with Crippen molar-refractivity contribution >= 4 is 12.2 Å². The van der Waals surface area contributed by atoms with Crippen LogP contribution in [0.5, 0.6) is 5.75 Å². The summed E-state index contributed by atoms with van der Waals surface area (Å²) in [4.78, 5) is 17.9. The van der Waals surface area contributed by atoms with Crippen molar-refractivity contribution in [1.29, 1.82) is 0 Å². The number of aromatic nitrogens is 2. The van der Waals surface area contributed by atoms with Crippen LogP contribution in [0.2, 0.25) is 0 Å². The van der Waals surface area contributed by atoms with Gasteiger partial charge in [-0.25, -0.2) is 4.98 Å². The van der Waals surface area contributed by atoms with Crippen molar-refractivity contribution in [3.05, 3.63) is 93.2 Å². The van der Waals surface area contributed by atoms with E-state index >= 15 is 0 Å². The summed E-state index contributed by atoms with van der Waals surface area (Å²) in [5.74, 6) is -0.662. The van der Waals surface area contributed by atoms with E-state index in [1.165, 1.54) is 11.9 Å². The topological polar surface area (TPSA) is 107 Å². The first-order valence-corrected chi connectivity index (χ1v) is 11.2. The third kappa shape index (κ3) is 6.16. The summed E-state index contributed by atoms with van der Waals surface area (Å²) in [6.07, 6.45) is 6.72. The van der Waals surface area contributed by atoms with Crippen molar-refractivity contribution in [2.24, 2.45) is 0 Å². The van der Waals surface area contributed by atoms with E-state index < -0.39 is 11.3 Å². The highest BCUT2D eigenvalue weighted by molar-refractivity contribution is 5.69. The zero-order valence-electron chi connectivity index (χ0n) is 18.4. The molecule has 1 aliphatic rings. The predicted molar refractivity (Wildman–Crippen MR) is 128 cm³/mol. The number of aliphatic hydroxyl groups is 1. The van der Waals surface area contributed by atoms with Gasteiger partial charge in [0.15, 0.2) is 0 Å². The highest BCUT2D eigenvalue weighted by Crippen LogP contribution is 2.23. The molecule has 0 bridgehead atoms. The van der Waals surface area contributed by atoms with E-state index in [-0.39, 0.29) is 24.6 Å². The molecule has 7 nitrogen and oxygen atoms in total. The number of aromatic hydroxyl groups is 1. The van der Waals surface area contributed by atoms with Crippen LogP contribution in [-0.2, 0) is 17.7 Å². The SMILES string of the molecule is O=c1[nH]cnc(CC(CO)c2ccc(/C=C/c3ccc(CNC4CCOC4)cc3)cc2)c1O. The fourth-order valence-electron chi connectivity index (χ4n) is 3.88. The molecule has 172 valence electrons. The van der Waals surface area contributed by atoms with Crippen LogP contribution in [0.1, 0.15) is 40.3 Å². The lowest BCUT2D eigenvalue weighted by atomic mass is 9.93. The molecule has 1 aliphatic heterocycles. The molecule has 2 unspecified atom stereocenters. The normalized spacial score (nSPS) is 16.9. The molecule has 4 N–H and O–H groups in total. The first kappa shape index (κ1) is 22.9. The maximum absolute atomic E-state index is 11.6. The molecule has 0 amide bonds. The van der Waals surface area contributed by atoms with Gasteiger partial charge in [-0.15, -0.1) is 0 Å². The van der Waals surface area contributed by atoms with Crippen molar-refractivity contribution in [2.45, 2.75) is 31.3 Å². The maximum atomic E-state index is 11.6. The summed E-state index contributed by atoms with van der Waals surface area (Å²) in [7, 11) is 0. The number of rotatable bonds is 9. The average Bonchev–Trinajstić information content (AvgIpc) is 3.37. The minimum Gasteiger partial charge on any atom is -0.502 e. The third-order valence-corrected chi connectivity index (χ3v) is 5.94. The number of nitrogens with zero attached hydrogens (tertiary/aromatic N) is 1. The predicted octanol–water partition coefficient (Wildman–Crippen LogP) is 2.84. The number of aliphatic hydroxyl groups excluding tert-OH is 1. The van der Waals surface area contributed by atoms with E-state index in [0.29, 0.717) is 6.04 Å². The quantitative estimate of drug-likeness (QED) is 0.376. The Morgan fingerprint density at radius 2 is 1.82 bits per heavy atom. The molecule has 2 aromatic carbocycles. The zero-order valence-corrected chi connectivity index (χ0v) is 18.4. The maximum Gasteiger partial charge on any atom is 0.293 e. The van der Waals surface area contributed by atoms with Crippen LogP contribution in [0.25, 0.3) is 12.2 Å². The fourth-order valence-corrected chi connectivity index (χ4v) is 3.88. The van der Waals surface area contributed by atoms with Crippen LogP contribution in [0.4, 0.5) is 0 Å². The van der Waals surface area contributed by atoms with E-state index in [1.54, 1.807) is 0 Å². The standard InChI is InChI=1S/C26H29N3O4/c30-15-22(13-24-25(31)26(32)29-17-28-24)21-9-7-19(8-10-21)2-1-18-3-5-20(6-4-18)14-27-23-11-12-33-16-23/h1-10,17,22-23,27,30-31H,11-16H2,(H,28,29,32)/b2-1+. The van der Waals surface area contributed by atoms with E-state index in [2.05, 4.69) is 45.6 Å². The number of hydrogen-bond donors (Lipinski definition) is 4. The van der Waals surface area contributed by atoms with Crippen LogP contribution >= 0.6 is 0 Å². The molecule has 7 heteroatoms. The summed E-state index contributed by atoms with van der Waals surface area (Å²) in [5.41, 5.74) is 4.03. The monoisotopic (exact) mass is 447 g/mol. The number of hydrogen-bond acceptors (Lipinski definition) is 6. The Morgan fingerprint density at radius 1 is 1.12 bits per heavy atom. The molecule has 1 aromatic heterocycles. The molecule has 0 aliphatic carbocycles. The second-order valence-electron chi connectivity index (χ2n) is 8.29. The fraction of sp³-hybridized carbons (Fsp3) is 0.308. The molecule has 1 fully saturated rings. The van der Waals surface area contributed by atoms with Crippen LogP contribution in [-0.4, -0.2) is 46.0 Å². The van der Waals surface area contributed by atoms with E-state index in [1.807, 2.05) is 30.3 Å². The molecule has 0 saturated carbocycles. The van der Waals surface area contributed by atoms with Gasteiger partial charge in [0, 0.05) is 31.5 Å². The summed E-state index contributed by atoms with van der Waals surface area (Å²) in [6.45, 7) is 2.37. The van der Waals surface area contributed by atoms with Crippen molar-refractivity contribution < 1.29 is 14.9 Å². The Hall–Kier alpha value is -3.26. The van der Waals surface area contributed by atoms with Gasteiger partial charge in [-0.1, -0.05) is 60.7 Å². The number of ether oxygens (including phenoxy) is 1. The minimum atomic E-state index is -0.579. The molecule has 2 atom stereocenters. The van der Waals surface area contributed by atoms with Gasteiger partial charge >= 0.3 is 0 Å². The van der Waals surface area contributed by atoms with Gasteiger partial charge < -0.3 is 25.3 Å². The van der Waals surface area contributed by atoms with Gasteiger partial charge in [0.1, 0.15) is 0 Å². The van der Waals surface area contributed by atoms with Crippen LogP contribution < -0.4 is 10.9 Å². The number of nitrogens with one attached hydrogen (secondary N) is 2. The molecular weight excluding hydrogens is 418 g/mol. The zero-order chi connectivity index (χ0) is 23.0. The first-order chi connectivity index (χ1) is 16.1. The molecule has 4 rings (SSSR count). The number of aromatic amines is 1. The lowest BCUT2D eigenvalue weighted by molar-refractivity contribution is 0.190. The van der Waals surface area contributed by atoms with Crippen LogP contribution in [0, 0.1) is 0 Å². The minimum absolute atomic E-state index is 0.113. The largest absolute Gasteiger partial charge is 0.502 e. The highest BCUT2D eigenvalue weighted by Gasteiger charge is 2.16. The Balaban J connectivity index is 1.35. The summed E-state index contributed by atoms with van der Waals surface area (Å²) >= 11 is 0. The van der Waals surface area contributed by atoms with E-state index in [4.69, 9.17) is 4.74 Å². The molecule has 3 aromatic rings. The van der Waals surface area contributed by atoms with Crippen LogP contribution in [0.3, 0.4) is 0 Å². The molecule has 0 radical (unpaired) electrons. The van der Waals surface area contributed by atoms with Crippen molar-refractivity contribution in [1.82, 2.24) is 15.3 Å².